The number of aromatic carboxylic acids is 1. The largest absolute Gasteiger partial charge is 0.478 e. The van der Waals surface area contributed by atoms with Gasteiger partial charge in [0, 0.05) is 10.6 Å². The molecule has 2 rings (SSSR count). The zero-order valence-electron chi connectivity index (χ0n) is 10.3. The van der Waals surface area contributed by atoms with Crippen molar-refractivity contribution in [1.29, 1.82) is 5.26 Å². The first-order valence-electron chi connectivity index (χ1n) is 5.75. The molecule has 0 aliphatic carbocycles. The molecule has 5 heteroatoms. The smallest absolute Gasteiger partial charge is 0.336 e. The Bertz CT molecular complexity index is 695. The number of benzene rings is 2. The number of thioether (sulfide) groups is 1. The van der Waals surface area contributed by atoms with Gasteiger partial charge in [-0.3, -0.25) is 0 Å². The normalized spacial score (nSPS) is 10.0. The van der Waals surface area contributed by atoms with Gasteiger partial charge in [-0.15, -0.1) is 11.8 Å². The fourth-order valence-electron chi connectivity index (χ4n) is 1.73. The van der Waals surface area contributed by atoms with E-state index >= 15 is 0 Å². The number of carbonyl (C=O) groups is 1. The molecule has 2 aromatic rings. The van der Waals surface area contributed by atoms with Gasteiger partial charge >= 0.3 is 5.97 Å². The number of rotatable bonds is 4. The van der Waals surface area contributed by atoms with Crippen molar-refractivity contribution >= 4 is 17.7 Å². The number of nitriles is 1. The van der Waals surface area contributed by atoms with Crippen molar-refractivity contribution in [3.05, 3.63) is 65.0 Å². The molecule has 0 radical (unpaired) electrons. The lowest BCUT2D eigenvalue weighted by Gasteiger charge is -2.06. The summed E-state index contributed by atoms with van der Waals surface area (Å²) in [6, 6.07) is 12.6. The van der Waals surface area contributed by atoms with E-state index in [1.54, 1.807) is 24.3 Å². The van der Waals surface area contributed by atoms with Crippen LogP contribution in [0.15, 0.2) is 47.4 Å². The second-order valence-electron chi connectivity index (χ2n) is 4.05. The number of carboxylic acid groups (broad SMARTS) is 1. The summed E-state index contributed by atoms with van der Waals surface area (Å²) in [5, 5.41) is 17.9. The Morgan fingerprint density at radius 2 is 2.05 bits per heavy atom. The molecule has 20 heavy (non-hydrogen) atoms. The van der Waals surface area contributed by atoms with Crippen molar-refractivity contribution < 1.29 is 14.3 Å². The minimum atomic E-state index is -0.995. The van der Waals surface area contributed by atoms with E-state index in [4.69, 9.17) is 10.4 Å². The van der Waals surface area contributed by atoms with E-state index in [1.807, 2.05) is 6.07 Å². The third-order valence-corrected chi connectivity index (χ3v) is 3.74. The van der Waals surface area contributed by atoms with E-state index in [0.717, 1.165) is 0 Å². The minimum Gasteiger partial charge on any atom is -0.478 e. The molecule has 3 nitrogen and oxygen atoms in total. The van der Waals surface area contributed by atoms with Crippen LogP contribution < -0.4 is 0 Å². The molecule has 0 spiro atoms. The van der Waals surface area contributed by atoms with E-state index in [0.29, 0.717) is 16.2 Å². The summed E-state index contributed by atoms with van der Waals surface area (Å²) in [5.74, 6) is -1.06. The standard InChI is InChI=1S/C15H10FNO2S/c16-12-6-10(8-17)5-11(7-12)9-20-14-4-2-1-3-13(14)15(18)19/h1-7H,9H2,(H,18,19). The summed E-state index contributed by atoms with van der Waals surface area (Å²) >= 11 is 1.30. The van der Waals surface area contributed by atoms with Gasteiger partial charge < -0.3 is 5.11 Å². The van der Waals surface area contributed by atoms with Crippen LogP contribution >= 0.6 is 11.8 Å². The van der Waals surface area contributed by atoms with Crippen LogP contribution in [0.25, 0.3) is 0 Å². The highest BCUT2D eigenvalue weighted by molar-refractivity contribution is 7.98. The van der Waals surface area contributed by atoms with E-state index in [2.05, 4.69) is 0 Å². The Kier molecular flexibility index (Phi) is 4.38. The van der Waals surface area contributed by atoms with Gasteiger partial charge in [0.1, 0.15) is 5.82 Å². The first-order valence-corrected chi connectivity index (χ1v) is 6.73. The van der Waals surface area contributed by atoms with Crippen LogP contribution in [0.4, 0.5) is 4.39 Å². The Balaban J connectivity index is 2.19. The molecule has 2 aromatic carbocycles. The van der Waals surface area contributed by atoms with Crippen molar-refractivity contribution in [2.24, 2.45) is 0 Å². The van der Waals surface area contributed by atoms with Crippen LogP contribution in [0, 0.1) is 17.1 Å². The molecule has 0 aliphatic heterocycles. The lowest BCUT2D eigenvalue weighted by Crippen LogP contribution is -1.98. The van der Waals surface area contributed by atoms with Gasteiger partial charge in [0.2, 0.25) is 0 Å². The van der Waals surface area contributed by atoms with Crippen LogP contribution in [0.3, 0.4) is 0 Å². The number of carboxylic acids is 1. The lowest BCUT2D eigenvalue weighted by atomic mass is 10.1. The van der Waals surface area contributed by atoms with E-state index in [9.17, 15) is 9.18 Å². The van der Waals surface area contributed by atoms with E-state index < -0.39 is 11.8 Å². The summed E-state index contributed by atoms with van der Waals surface area (Å²) in [4.78, 5) is 11.7. The Morgan fingerprint density at radius 3 is 2.75 bits per heavy atom. The van der Waals surface area contributed by atoms with Gasteiger partial charge in [-0.1, -0.05) is 12.1 Å². The summed E-state index contributed by atoms with van der Waals surface area (Å²) in [7, 11) is 0. The molecule has 0 aliphatic rings. The van der Waals surface area contributed by atoms with Crippen LogP contribution in [-0.4, -0.2) is 11.1 Å². The minimum absolute atomic E-state index is 0.217. The van der Waals surface area contributed by atoms with Crippen molar-refractivity contribution in [3.8, 4) is 6.07 Å². The Morgan fingerprint density at radius 1 is 1.30 bits per heavy atom. The highest BCUT2D eigenvalue weighted by atomic mass is 32.2. The lowest BCUT2D eigenvalue weighted by molar-refractivity contribution is 0.0693. The first kappa shape index (κ1) is 14.1. The van der Waals surface area contributed by atoms with Gasteiger partial charge in [0.25, 0.3) is 0 Å². The SMILES string of the molecule is N#Cc1cc(F)cc(CSc2ccccc2C(=O)O)c1. The Hall–Kier alpha value is -2.32. The molecule has 0 unspecified atom stereocenters. The summed E-state index contributed by atoms with van der Waals surface area (Å²) in [5.41, 5.74) is 1.12. The van der Waals surface area contributed by atoms with Gasteiger partial charge in [-0.2, -0.15) is 5.26 Å². The molecule has 0 atom stereocenters. The van der Waals surface area contributed by atoms with Gasteiger partial charge in [0.15, 0.2) is 0 Å². The molecule has 0 fully saturated rings. The quantitative estimate of drug-likeness (QED) is 0.871. The summed E-state index contributed by atoms with van der Waals surface area (Å²) < 4.78 is 13.3. The average molecular weight is 287 g/mol. The maximum atomic E-state index is 13.3. The molecule has 0 aromatic heterocycles. The predicted octanol–water partition coefficient (Wildman–Crippen LogP) is 3.69. The molecule has 0 saturated heterocycles. The molecule has 1 N–H and O–H groups in total. The zero-order chi connectivity index (χ0) is 14.5. The van der Waals surface area contributed by atoms with Gasteiger partial charge in [-0.25, -0.2) is 9.18 Å². The summed E-state index contributed by atoms with van der Waals surface area (Å²) in [6.45, 7) is 0. The zero-order valence-corrected chi connectivity index (χ0v) is 11.2. The molecule has 0 amide bonds. The number of halogens is 1. The van der Waals surface area contributed by atoms with Crippen LogP contribution in [0.5, 0.6) is 0 Å². The van der Waals surface area contributed by atoms with Crippen molar-refractivity contribution in [2.75, 3.05) is 0 Å². The van der Waals surface area contributed by atoms with Crippen LogP contribution in [-0.2, 0) is 5.75 Å². The molecule has 0 heterocycles. The van der Waals surface area contributed by atoms with Crippen LogP contribution in [0.2, 0.25) is 0 Å². The monoisotopic (exact) mass is 287 g/mol. The Labute approximate surface area is 119 Å². The van der Waals surface area contributed by atoms with E-state index in [1.165, 1.54) is 30.0 Å². The fraction of sp³-hybridized carbons (Fsp3) is 0.0667. The molecular formula is C15H10FNO2S. The average Bonchev–Trinajstić information content (AvgIpc) is 2.44. The maximum absolute atomic E-state index is 13.3. The van der Waals surface area contributed by atoms with Crippen molar-refractivity contribution in [1.82, 2.24) is 0 Å². The number of hydrogen-bond acceptors (Lipinski definition) is 3. The third kappa shape index (κ3) is 3.37. The van der Waals surface area contributed by atoms with Crippen LogP contribution in [0.1, 0.15) is 21.5 Å². The van der Waals surface area contributed by atoms with Gasteiger partial charge in [-0.05, 0) is 35.9 Å². The highest BCUT2D eigenvalue weighted by Gasteiger charge is 2.10. The number of hydrogen-bond donors (Lipinski definition) is 1. The third-order valence-electron chi connectivity index (χ3n) is 2.60. The topological polar surface area (TPSA) is 61.1 Å². The number of nitrogens with zero attached hydrogens (tertiary/aromatic N) is 1. The molecule has 0 bridgehead atoms. The predicted molar refractivity (Wildman–Crippen MR) is 74.1 cm³/mol. The maximum Gasteiger partial charge on any atom is 0.336 e. The second-order valence-corrected chi connectivity index (χ2v) is 5.07. The van der Waals surface area contributed by atoms with E-state index in [-0.39, 0.29) is 11.1 Å². The molecule has 0 saturated carbocycles. The second kappa shape index (κ2) is 6.22. The van der Waals surface area contributed by atoms with Crippen molar-refractivity contribution in [3.63, 3.8) is 0 Å². The van der Waals surface area contributed by atoms with Crippen molar-refractivity contribution in [2.45, 2.75) is 10.6 Å². The first-order chi connectivity index (χ1) is 9.60. The molecule has 100 valence electrons. The fourth-order valence-corrected chi connectivity index (χ4v) is 2.70. The highest BCUT2D eigenvalue weighted by Crippen LogP contribution is 2.27. The molecular weight excluding hydrogens is 277 g/mol. The summed E-state index contributed by atoms with van der Waals surface area (Å²) in [6.07, 6.45) is 0. The van der Waals surface area contributed by atoms with Gasteiger partial charge in [0.05, 0.1) is 17.2 Å².